The lowest BCUT2D eigenvalue weighted by molar-refractivity contribution is -0.125. The van der Waals surface area contributed by atoms with Gasteiger partial charge in [-0.05, 0) is 19.4 Å². The molecule has 0 aliphatic rings. The van der Waals surface area contributed by atoms with Gasteiger partial charge in [0.15, 0.2) is 0 Å². The van der Waals surface area contributed by atoms with E-state index in [1.165, 1.54) is 0 Å². The molecule has 1 aromatic carbocycles. The second kappa shape index (κ2) is 9.88. The Balaban J connectivity index is 0.00000242. The van der Waals surface area contributed by atoms with Crippen LogP contribution in [0.1, 0.15) is 42.2 Å². The monoisotopic (exact) mass is 375 g/mol. The fourth-order valence-electron chi connectivity index (χ4n) is 2.10. The summed E-state index contributed by atoms with van der Waals surface area (Å²) in [6.07, 6.45) is 0. The van der Waals surface area contributed by atoms with E-state index in [0.717, 1.165) is 16.3 Å². The second-order valence-corrected chi connectivity index (χ2v) is 6.17. The van der Waals surface area contributed by atoms with Gasteiger partial charge in [0.2, 0.25) is 5.91 Å². The molecule has 0 fully saturated rings. The maximum absolute atomic E-state index is 12.3. The number of carbonyl (C=O) groups is 1. The van der Waals surface area contributed by atoms with Crippen LogP contribution in [0.3, 0.4) is 0 Å². The van der Waals surface area contributed by atoms with Crippen LogP contribution in [-0.4, -0.2) is 10.9 Å². The minimum atomic E-state index is -0.309. The van der Waals surface area contributed by atoms with Gasteiger partial charge in [-0.1, -0.05) is 37.3 Å². The topological polar surface area (TPSA) is 68.0 Å². The van der Waals surface area contributed by atoms with Gasteiger partial charge in [0, 0.05) is 17.1 Å². The Morgan fingerprint density at radius 3 is 2.35 bits per heavy atom. The minimum Gasteiger partial charge on any atom is -0.347 e. The van der Waals surface area contributed by atoms with Crippen molar-refractivity contribution in [2.75, 3.05) is 0 Å². The average Bonchev–Trinajstić information content (AvgIpc) is 2.93. The molecule has 1 aromatic heterocycles. The van der Waals surface area contributed by atoms with E-state index in [4.69, 9.17) is 5.73 Å². The second-order valence-electron chi connectivity index (χ2n) is 5.28. The van der Waals surface area contributed by atoms with Crippen molar-refractivity contribution in [2.45, 2.75) is 32.9 Å². The summed E-state index contributed by atoms with van der Waals surface area (Å²) < 4.78 is 0. The van der Waals surface area contributed by atoms with E-state index in [1.807, 2.05) is 56.5 Å². The molecule has 0 saturated carbocycles. The molecule has 2 rings (SSSR count). The van der Waals surface area contributed by atoms with Crippen molar-refractivity contribution in [3.63, 3.8) is 0 Å². The molecule has 1 amide bonds. The standard InChI is InChI=1S/C16H21N3OS.2ClH/c1-10-9-21-16(18-10)12(3)19-15(20)11(2)14(17)13-7-5-4-6-8-13;;/h4-9,11-12,14H,17H2,1-3H3,(H,19,20);2*1H. The number of thiazole rings is 1. The lowest BCUT2D eigenvalue weighted by Crippen LogP contribution is -2.36. The predicted molar refractivity (Wildman–Crippen MR) is 100 cm³/mol. The fraction of sp³-hybridized carbons (Fsp3) is 0.375. The van der Waals surface area contributed by atoms with E-state index in [-0.39, 0.29) is 48.7 Å². The van der Waals surface area contributed by atoms with Crippen molar-refractivity contribution >= 4 is 42.1 Å². The number of benzene rings is 1. The van der Waals surface area contributed by atoms with Crippen LogP contribution in [0.2, 0.25) is 0 Å². The molecule has 7 heteroatoms. The Morgan fingerprint density at radius 2 is 1.83 bits per heavy atom. The normalized spacial score (nSPS) is 13.9. The van der Waals surface area contributed by atoms with Crippen LogP contribution in [0.15, 0.2) is 35.7 Å². The number of nitrogens with two attached hydrogens (primary N) is 1. The Labute approximate surface area is 153 Å². The van der Waals surface area contributed by atoms with Crippen LogP contribution in [-0.2, 0) is 4.79 Å². The molecule has 23 heavy (non-hydrogen) atoms. The van der Waals surface area contributed by atoms with E-state index in [9.17, 15) is 4.79 Å². The highest BCUT2D eigenvalue weighted by Gasteiger charge is 2.24. The number of carbonyl (C=O) groups excluding carboxylic acids is 1. The summed E-state index contributed by atoms with van der Waals surface area (Å²) in [5.74, 6) is -0.345. The average molecular weight is 376 g/mol. The first-order chi connectivity index (χ1) is 9.99. The summed E-state index contributed by atoms with van der Waals surface area (Å²) in [7, 11) is 0. The molecule has 4 nitrogen and oxygen atoms in total. The molecule has 1 heterocycles. The molecule has 0 aliphatic heterocycles. The zero-order chi connectivity index (χ0) is 15.4. The number of rotatable bonds is 5. The number of hydrogen-bond acceptors (Lipinski definition) is 4. The van der Waals surface area contributed by atoms with E-state index in [1.54, 1.807) is 11.3 Å². The van der Waals surface area contributed by atoms with E-state index in [0.29, 0.717) is 0 Å². The van der Waals surface area contributed by atoms with E-state index < -0.39 is 0 Å². The maximum atomic E-state index is 12.3. The highest BCUT2D eigenvalue weighted by Crippen LogP contribution is 2.22. The molecular formula is C16H23Cl2N3OS. The first-order valence-electron chi connectivity index (χ1n) is 7.02. The Morgan fingerprint density at radius 1 is 1.22 bits per heavy atom. The first-order valence-corrected chi connectivity index (χ1v) is 7.90. The third kappa shape index (κ3) is 5.77. The molecule has 0 bridgehead atoms. The Bertz CT molecular complexity index is 606. The largest absolute Gasteiger partial charge is 0.347 e. The van der Waals surface area contributed by atoms with Crippen molar-refractivity contribution in [3.8, 4) is 0 Å². The molecule has 0 spiro atoms. The number of aryl methyl sites for hydroxylation is 1. The predicted octanol–water partition coefficient (Wildman–Crippen LogP) is 3.81. The number of amides is 1. The van der Waals surface area contributed by atoms with Gasteiger partial charge in [0.1, 0.15) is 5.01 Å². The van der Waals surface area contributed by atoms with Gasteiger partial charge in [0.05, 0.1) is 12.0 Å². The van der Waals surface area contributed by atoms with Gasteiger partial charge in [0.25, 0.3) is 0 Å². The molecule has 3 atom stereocenters. The third-order valence-electron chi connectivity index (χ3n) is 3.50. The summed E-state index contributed by atoms with van der Waals surface area (Å²) in [4.78, 5) is 16.7. The number of hydrogen-bond donors (Lipinski definition) is 2. The zero-order valence-corrected chi connectivity index (χ0v) is 15.8. The van der Waals surface area contributed by atoms with Gasteiger partial charge in [-0.3, -0.25) is 4.79 Å². The number of aromatic nitrogens is 1. The van der Waals surface area contributed by atoms with Crippen molar-refractivity contribution in [1.82, 2.24) is 10.3 Å². The summed E-state index contributed by atoms with van der Waals surface area (Å²) in [6, 6.07) is 9.29. The van der Waals surface area contributed by atoms with Gasteiger partial charge in [-0.2, -0.15) is 0 Å². The van der Waals surface area contributed by atoms with Gasteiger partial charge < -0.3 is 11.1 Å². The SMILES string of the molecule is Cc1csc(C(C)NC(=O)C(C)C(N)c2ccccc2)n1.Cl.Cl. The fourth-order valence-corrected chi connectivity index (χ4v) is 2.91. The van der Waals surface area contributed by atoms with E-state index in [2.05, 4.69) is 10.3 Å². The van der Waals surface area contributed by atoms with Crippen molar-refractivity contribution < 1.29 is 4.79 Å². The molecule has 0 aliphatic carbocycles. The number of halogens is 2. The quantitative estimate of drug-likeness (QED) is 0.834. The molecule has 0 saturated heterocycles. The highest BCUT2D eigenvalue weighted by atomic mass is 35.5. The maximum Gasteiger partial charge on any atom is 0.225 e. The summed E-state index contributed by atoms with van der Waals surface area (Å²) in [5.41, 5.74) is 8.13. The van der Waals surface area contributed by atoms with Crippen LogP contribution in [0, 0.1) is 12.8 Å². The van der Waals surface area contributed by atoms with Crippen molar-refractivity contribution in [3.05, 3.63) is 52.0 Å². The van der Waals surface area contributed by atoms with Crippen LogP contribution >= 0.6 is 36.2 Å². The minimum absolute atomic E-state index is 0. The first kappa shape index (κ1) is 21.9. The molecule has 128 valence electrons. The highest BCUT2D eigenvalue weighted by molar-refractivity contribution is 7.09. The summed E-state index contributed by atoms with van der Waals surface area (Å²) in [5, 5.41) is 5.89. The zero-order valence-electron chi connectivity index (χ0n) is 13.4. The molecule has 3 unspecified atom stereocenters. The van der Waals surface area contributed by atoms with Crippen LogP contribution in [0.5, 0.6) is 0 Å². The summed E-state index contributed by atoms with van der Waals surface area (Å²) in [6.45, 7) is 5.74. The number of nitrogens with zero attached hydrogens (tertiary/aromatic N) is 1. The molecule has 0 radical (unpaired) electrons. The van der Waals surface area contributed by atoms with Gasteiger partial charge >= 0.3 is 0 Å². The van der Waals surface area contributed by atoms with Crippen LogP contribution < -0.4 is 11.1 Å². The Hall–Kier alpha value is -1.14. The summed E-state index contributed by atoms with van der Waals surface area (Å²) >= 11 is 1.56. The smallest absolute Gasteiger partial charge is 0.225 e. The Kier molecular flexibility index (Phi) is 9.39. The number of nitrogens with one attached hydrogen (secondary N) is 1. The van der Waals surface area contributed by atoms with Crippen LogP contribution in [0.4, 0.5) is 0 Å². The van der Waals surface area contributed by atoms with Gasteiger partial charge in [-0.15, -0.1) is 36.2 Å². The molecular weight excluding hydrogens is 353 g/mol. The lowest BCUT2D eigenvalue weighted by Gasteiger charge is -2.21. The van der Waals surface area contributed by atoms with Crippen molar-refractivity contribution in [1.29, 1.82) is 0 Å². The third-order valence-corrected chi connectivity index (χ3v) is 4.65. The van der Waals surface area contributed by atoms with Crippen LogP contribution in [0.25, 0.3) is 0 Å². The van der Waals surface area contributed by atoms with Crippen molar-refractivity contribution in [2.24, 2.45) is 11.7 Å². The molecule has 3 N–H and O–H groups in total. The lowest BCUT2D eigenvalue weighted by atomic mass is 9.94. The van der Waals surface area contributed by atoms with E-state index >= 15 is 0 Å². The molecule has 2 aromatic rings. The van der Waals surface area contributed by atoms with Gasteiger partial charge in [-0.25, -0.2) is 4.98 Å².